The zero-order chi connectivity index (χ0) is 14.0. The zero-order valence-electron chi connectivity index (χ0n) is 10.9. The standard InChI is InChI=1S/C14H15ClN2O2/c1-3-10-5-12(17-8-11(15)7-16-17)4-9(2)13(10)6-14(18)19/h4-5,7-8H,3,6H2,1-2H3,(H,18,19). The molecule has 2 rings (SSSR count). The van der Waals surface area contributed by atoms with Gasteiger partial charge in [-0.1, -0.05) is 18.5 Å². The highest BCUT2D eigenvalue weighted by atomic mass is 35.5. The normalized spacial score (nSPS) is 10.7. The van der Waals surface area contributed by atoms with Crippen LogP contribution in [0.25, 0.3) is 5.69 Å². The number of halogens is 1. The van der Waals surface area contributed by atoms with E-state index in [0.29, 0.717) is 5.02 Å². The highest BCUT2D eigenvalue weighted by Gasteiger charge is 2.12. The van der Waals surface area contributed by atoms with Crippen LogP contribution in [-0.2, 0) is 17.6 Å². The number of rotatable bonds is 4. The van der Waals surface area contributed by atoms with Crippen LogP contribution < -0.4 is 0 Å². The molecule has 19 heavy (non-hydrogen) atoms. The van der Waals surface area contributed by atoms with Crippen molar-refractivity contribution in [1.29, 1.82) is 0 Å². The second kappa shape index (κ2) is 5.45. The summed E-state index contributed by atoms with van der Waals surface area (Å²) in [5.74, 6) is -0.812. The van der Waals surface area contributed by atoms with Crippen LogP contribution in [0.5, 0.6) is 0 Å². The van der Waals surface area contributed by atoms with Crippen LogP contribution in [0.2, 0.25) is 5.02 Å². The van der Waals surface area contributed by atoms with Crippen molar-refractivity contribution in [2.75, 3.05) is 0 Å². The smallest absolute Gasteiger partial charge is 0.307 e. The van der Waals surface area contributed by atoms with Gasteiger partial charge in [0.05, 0.1) is 23.3 Å². The van der Waals surface area contributed by atoms with E-state index in [4.69, 9.17) is 16.7 Å². The molecule has 0 aliphatic carbocycles. The first kappa shape index (κ1) is 13.6. The van der Waals surface area contributed by atoms with Gasteiger partial charge >= 0.3 is 5.97 Å². The molecule has 0 saturated heterocycles. The van der Waals surface area contributed by atoms with E-state index in [2.05, 4.69) is 5.10 Å². The molecular formula is C14H15ClN2O2. The fraction of sp³-hybridized carbons (Fsp3) is 0.286. The molecule has 0 unspecified atom stereocenters. The molecule has 0 amide bonds. The highest BCUT2D eigenvalue weighted by molar-refractivity contribution is 6.30. The number of carbonyl (C=O) groups is 1. The van der Waals surface area contributed by atoms with Crippen molar-refractivity contribution in [3.63, 3.8) is 0 Å². The predicted octanol–water partition coefficient (Wildman–Crippen LogP) is 3.02. The summed E-state index contributed by atoms with van der Waals surface area (Å²) >= 11 is 5.86. The van der Waals surface area contributed by atoms with Gasteiger partial charge < -0.3 is 5.11 Å². The Hall–Kier alpha value is -1.81. The summed E-state index contributed by atoms with van der Waals surface area (Å²) < 4.78 is 1.69. The zero-order valence-corrected chi connectivity index (χ0v) is 11.6. The number of aliphatic carboxylic acids is 1. The minimum Gasteiger partial charge on any atom is -0.481 e. The van der Waals surface area contributed by atoms with E-state index >= 15 is 0 Å². The average molecular weight is 279 g/mol. The molecule has 1 aromatic carbocycles. The third kappa shape index (κ3) is 2.96. The van der Waals surface area contributed by atoms with E-state index in [9.17, 15) is 4.79 Å². The molecule has 1 aromatic heterocycles. The fourth-order valence-electron chi connectivity index (χ4n) is 2.16. The lowest BCUT2D eigenvalue weighted by molar-refractivity contribution is -0.136. The predicted molar refractivity (Wildman–Crippen MR) is 74.0 cm³/mol. The summed E-state index contributed by atoms with van der Waals surface area (Å²) in [7, 11) is 0. The number of nitrogens with zero attached hydrogens (tertiary/aromatic N) is 2. The van der Waals surface area contributed by atoms with E-state index in [1.165, 1.54) is 0 Å². The number of hydrogen-bond donors (Lipinski definition) is 1. The molecule has 1 N–H and O–H groups in total. The molecule has 1 heterocycles. The minimum absolute atomic E-state index is 0.0507. The van der Waals surface area contributed by atoms with Crippen molar-refractivity contribution >= 4 is 17.6 Å². The molecule has 0 aliphatic rings. The molecule has 5 heteroatoms. The van der Waals surface area contributed by atoms with Crippen molar-refractivity contribution in [2.45, 2.75) is 26.7 Å². The van der Waals surface area contributed by atoms with E-state index < -0.39 is 5.97 Å². The van der Waals surface area contributed by atoms with Crippen LogP contribution in [0.3, 0.4) is 0 Å². The summed E-state index contributed by atoms with van der Waals surface area (Å²) in [6.07, 6.45) is 4.14. The summed E-state index contributed by atoms with van der Waals surface area (Å²) in [6.45, 7) is 3.94. The number of benzene rings is 1. The minimum atomic E-state index is -0.812. The Morgan fingerprint density at radius 1 is 1.47 bits per heavy atom. The lowest BCUT2D eigenvalue weighted by Crippen LogP contribution is -2.07. The Morgan fingerprint density at radius 2 is 2.21 bits per heavy atom. The molecule has 2 aromatic rings. The lowest BCUT2D eigenvalue weighted by atomic mass is 9.96. The first-order valence-electron chi connectivity index (χ1n) is 6.06. The Labute approximate surface area is 116 Å². The molecule has 0 spiro atoms. The molecular weight excluding hydrogens is 264 g/mol. The maximum atomic E-state index is 10.9. The number of hydrogen-bond acceptors (Lipinski definition) is 2. The van der Waals surface area contributed by atoms with E-state index in [1.807, 2.05) is 26.0 Å². The van der Waals surface area contributed by atoms with E-state index in [-0.39, 0.29) is 6.42 Å². The monoisotopic (exact) mass is 278 g/mol. The number of aromatic nitrogens is 2. The van der Waals surface area contributed by atoms with Crippen LogP contribution in [-0.4, -0.2) is 20.9 Å². The highest BCUT2D eigenvalue weighted by Crippen LogP contribution is 2.22. The Balaban J connectivity index is 2.49. The number of aryl methyl sites for hydroxylation is 2. The summed E-state index contributed by atoms with van der Waals surface area (Å²) in [5, 5.41) is 13.7. The molecule has 4 nitrogen and oxygen atoms in total. The number of carboxylic acids is 1. The lowest BCUT2D eigenvalue weighted by Gasteiger charge is -2.13. The van der Waals surface area contributed by atoms with Crippen molar-refractivity contribution in [1.82, 2.24) is 9.78 Å². The second-order valence-electron chi connectivity index (χ2n) is 4.43. The van der Waals surface area contributed by atoms with Gasteiger partial charge in [0.15, 0.2) is 0 Å². The van der Waals surface area contributed by atoms with Crippen molar-refractivity contribution < 1.29 is 9.90 Å². The van der Waals surface area contributed by atoms with Crippen molar-refractivity contribution in [3.05, 3.63) is 46.2 Å². The third-order valence-corrected chi connectivity index (χ3v) is 3.27. The van der Waals surface area contributed by atoms with E-state index in [1.54, 1.807) is 17.1 Å². The summed E-state index contributed by atoms with van der Waals surface area (Å²) in [4.78, 5) is 10.9. The topological polar surface area (TPSA) is 55.1 Å². The van der Waals surface area contributed by atoms with Crippen LogP contribution in [0.15, 0.2) is 24.5 Å². The van der Waals surface area contributed by atoms with Crippen LogP contribution >= 0.6 is 11.6 Å². The maximum Gasteiger partial charge on any atom is 0.307 e. The first-order chi connectivity index (χ1) is 9.01. The third-order valence-electron chi connectivity index (χ3n) is 3.07. The number of carboxylic acid groups (broad SMARTS) is 1. The molecule has 0 bridgehead atoms. The Kier molecular flexibility index (Phi) is 3.90. The average Bonchev–Trinajstić information content (AvgIpc) is 2.77. The van der Waals surface area contributed by atoms with Gasteiger partial charge in [-0.25, -0.2) is 4.68 Å². The SMILES string of the molecule is CCc1cc(-n2cc(Cl)cn2)cc(C)c1CC(=O)O. The fourth-order valence-corrected chi connectivity index (χ4v) is 2.30. The van der Waals surface area contributed by atoms with Gasteiger partial charge in [-0.3, -0.25) is 4.79 Å². The Bertz CT molecular complexity index is 620. The molecule has 0 radical (unpaired) electrons. The molecule has 0 fully saturated rings. The van der Waals surface area contributed by atoms with Crippen LogP contribution in [0.4, 0.5) is 0 Å². The van der Waals surface area contributed by atoms with Crippen molar-refractivity contribution in [3.8, 4) is 5.69 Å². The van der Waals surface area contributed by atoms with Crippen molar-refractivity contribution in [2.24, 2.45) is 0 Å². The molecule has 0 atom stereocenters. The Morgan fingerprint density at radius 3 is 2.74 bits per heavy atom. The van der Waals surface area contributed by atoms with Gasteiger partial charge in [0.1, 0.15) is 0 Å². The quantitative estimate of drug-likeness (QED) is 0.935. The van der Waals surface area contributed by atoms with Gasteiger partial charge in [-0.2, -0.15) is 5.10 Å². The summed E-state index contributed by atoms with van der Waals surface area (Å²) in [6, 6.07) is 3.90. The van der Waals surface area contributed by atoms with Gasteiger partial charge in [0, 0.05) is 6.20 Å². The van der Waals surface area contributed by atoms with Crippen LogP contribution in [0.1, 0.15) is 23.6 Å². The maximum absolute atomic E-state index is 10.9. The van der Waals surface area contributed by atoms with E-state index in [0.717, 1.165) is 28.8 Å². The van der Waals surface area contributed by atoms with Gasteiger partial charge in [0.25, 0.3) is 0 Å². The first-order valence-corrected chi connectivity index (χ1v) is 6.43. The van der Waals surface area contributed by atoms with Gasteiger partial charge in [-0.05, 0) is 42.2 Å². The molecule has 0 saturated carbocycles. The largest absolute Gasteiger partial charge is 0.481 e. The van der Waals surface area contributed by atoms with Gasteiger partial charge in [-0.15, -0.1) is 0 Å². The molecule has 0 aliphatic heterocycles. The molecule has 100 valence electrons. The second-order valence-corrected chi connectivity index (χ2v) is 4.86. The van der Waals surface area contributed by atoms with Crippen LogP contribution in [0, 0.1) is 6.92 Å². The summed E-state index contributed by atoms with van der Waals surface area (Å²) in [5.41, 5.74) is 3.78. The van der Waals surface area contributed by atoms with Gasteiger partial charge in [0.2, 0.25) is 0 Å².